The number of aromatic nitrogens is 4. The maximum Gasteiger partial charge on any atom is 0.227 e. The van der Waals surface area contributed by atoms with Gasteiger partial charge >= 0.3 is 0 Å². The van der Waals surface area contributed by atoms with Gasteiger partial charge in [-0.25, -0.2) is 9.97 Å². The van der Waals surface area contributed by atoms with E-state index in [1.807, 2.05) is 12.1 Å². The molecule has 14 rings (SSSR count). The molecule has 14 aromatic rings. The molecule has 0 aliphatic rings. The molecule has 0 aliphatic heterocycles. The monoisotopic (exact) mass is 870 g/mol. The average molecular weight is 871 g/mol. The normalized spacial score (nSPS) is 11.8. The summed E-state index contributed by atoms with van der Waals surface area (Å²) in [5.74, 6) is 1.16. The van der Waals surface area contributed by atoms with E-state index in [1.165, 1.54) is 43.8 Å². The van der Waals surface area contributed by atoms with Gasteiger partial charge in [0.1, 0.15) is 11.0 Å². The van der Waals surface area contributed by atoms with Crippen LogP contribution in [-0.4, -0.2) is 19.1 Å². The fourth-order valence-electron chi connectivity index (χ4n) is 10.1. The minimum absolute atomic E-state index is 0.579. The van der Waals surface area contributed by atoms with Gasteiger partial charge in [-0.2, -0.15) is 0 Å². The lowest BCUT2D eigenvalue weighted by Gasteiger charge is -2.09. The van der Waals surface area contributed by atoms with Crippen molar-refractivity contribution in [1.82, 2.24) is 19.1 Å². The van der Waals surface area contributed by atoms with Crippen molar-refractivity contribution in [1.29, 1.82) is 0 Å². The number of fused-ring (bicyclic) bond motifs is 8. The van der Waals surface area contributed by atoms with Crippen LogP contribution in [-0.2, 0) is 0 Å². The lowest BCUT2D eigenvalue weighted by atomic mass is 10.0. The summed E-state index contributed by atoms with van der Waals surface area (Å²) in [7, 11) is 0. The van der Waals surface area contributed by atoms with E-state index >= 15 is 0 Å². The Morgan fingerprint density at radius 3 is 1.06 bits per heavy atom. The Hall–Kier alpha value is -9.26. The molecule has 0 saturated carbocycles. The van der Waals surface area contributed by atoms with E-state index in [9.17, 15) is 0 Å². The molecule has 0 saturated heterocycles. The van der Waals surface area contributed by atoms with E-state index < -0.39 is 0 Å². The Morgan fingerprint density at radius 1 is 0.265 bits per heavy atom. The molecule has 10 aromatic carbocycles. The van der Waals surface area contributed by atoms with Crippen LogP contribution in [0.1, 0.15) is 0 Å². The highest BCUT2D eigenvalue weighted by atomic mass is 16.4. The number of hydrogen-bond donors (Lipinski definition) is 0. The molecule has 318 valence electrons. The molecule has 0 amide bonds. The first kappa shape index (κ1) is 38.1. The SMILES string of the molecule is c1ccc(-c2ccc3c(c2)c2ccccc2n3-c2ccc(-c3nc4ccc(-c5ccc6nc(-c7ccc(-n8c9ccccc9c9cc(-c%10ccccc%10)ccc98)cc7)oc6c5)cc4o3)cc2)cc1. The third-order valence-electron chi connectivity index (χ3n) is 13.4. The highest BCUT2D eigenvalue weighted by Gasteiger charge is 2.18. The molecule has 4 heterocycles. The van der Waals surface area contributed by atoms with Gasteiger partial charge in [0.2, 0.25) is 11.8 Å². The summed E-state index contributed by atoms with van der Waals surface area (Å²) in [6, 6.07) is 81.1. The average Bonchev–Trinajstić information content (AvgIpc) is 4.19. The van der Waals surface area contributed by atoms with Crippen LogP contribution in [0.4, 0.5) is 0 Å². The van der Waals surface area contributed by atoms with Crippen molar-refractivity contribution in [2.24, 2.45) is 0 Å². The van der Waals surface area contributed by atoms with Crippen molar-refractivity contribution in [3.05, 3.63) is 231 Å². The van der Waals surface area contributed by atoms with Crippen molar-refractivity contribution in [2.45, 2.75) is 0 Å². The minimum atomic E-state index is 0.579. The molecule has 6 heteroatoms. The van der Waals surface area contributed by atoms with E-state index in [1.54, 1.807) is 0 Å². The van der Waals surface area contributed by atoms with E-state index in [-0.39, 0.29) is 0 Å². The summed E-state index contributed by atoms with van der Waals surface area (Å²) in [6.07, 6.45) is 0. The number of benzene rings is 10. The molecule has 0 N–H and O–H groups in total. The van der Waals surface area contributed by atoms with Crippen molar-refractivity contribution < 1.29 is 8.83 Å². The maximum atomic E-state index is 6.44. The van der Waals surface area contributed by atoms with Gasteiger partial charge in [0.25, 0.3) is 0 Å². The number of nitrogens with zero attached hydrogens (tertiary/aromatic N) is 4. The number of rotatable bonds is 7. The van der Waals surface area contributed by atoms with Gasteiger partial charge in [-0.3, -0.25) is 0 Å². The Kier molecular flexibility index (Phi) is 8.48. The molecular weight excluding hydrogens is 833 g/mol. The van der Waals surface area contributed by atoms with Crippen LogP contribution in [0.3, 0.4) is 0 Å². The summed E-state index contributed by atoms with van der Waals surface area (Å²) in [6.45, 7) is 0. The van der Waals surface area contributed by atoms with Gasteiger partial charge in [0, 0.05) is 44.0 Å². The summed E-state index contributed by atoms with van der Waals surface area (Å²) < 4.78 is 17.6. The molecule has 0 bridgehead atoms. The number of hydrogen-bond acceptors (Lipinski definition) is 4. The molecular formula is C62H38N4O2. The third kappa shape index (κ3) is 6.19. The van der Waals surface area contributed by atoms with Gasteiger partial charge in [0.15, 0.2) is 11.2 Å². The fraction of sp³-hybridized carbons (Fsp3) is 0. The zero-order valence-corrected chi connectivity index (χ0v) is 36.5. The largest absolute Gasteiger partial charge is 0.436 e. The van der Waals surface area contributed by atoms with Crippen molar-refractivity contribution in [3.63, 3.8) is 0 Å². The van der Waals surface area contributed by atoms with E-state index in [0.29, 0.717) is 11.8 Å². The van der Waals surface area contributed by atoms with Gasteiger partial charge in [0.05, 0.1) is 22.1 Å². The second-order valence-electron chi connectivity index (χ2n) is 17.4. The summed E-state index contributed by atoms with van der Waals surface area (Å²) in [5, 5.41) is 4.90. The highest BCUT2D eigenvalue weighted by Crippen LogP contribution is 2.38. The Balaban J connectivity index is 0.738. The summed E-state index contributed by atoms with van der Waals surface area (Å²) in [4.78, 5) is 9.80. The molecule has 6 nitrogen and oxygen atoms in total. The molecule has 0 fully saturated rings. The molecule has 0 radical (unpaired) electrons. The molecule has 68 heavy (non-hydrogen) atoms. The van der Waals surface area contributed by atoms with Gasteiger partial charge < -0.3 is 18.0 Å². The van der Waals surface area contributed by atoms with E-state index in [2.05, 4.69) is 228 Å². The predicted octanol–water partition coefficient (Wildman–Crippen LogP) is 16.5. The van der Waals surface area contributed by atoms with Crippen LogP contribution in [0.25, 0.3) is 133 Å². The number of oxazole rings is 2. The standard InChI is InChI=1S/C62H38N4O2/c1-3-11-39(12-4-1)43-25-33-57-51(35-43)49-15-7-9-17-55(49)65(57)47-27-19-41(20-28-47)61-63-53-31-23-45(37-59(53)67-61)46-24-32-54-60(38-46)68-62(64-54)42-21-29-48(30-22-42)66-56-18-10-8-16-50(56)52-36-44(26-34-58(52)66)40-13-5-2-6-14-40/h1-38H. The topological polar surface area (TPSA) is 61.9 Å². The highest BCUT2D eigenvalue weighted by molar-refractivity contribution is 6.11. The minimum Gasteiger partial charge on any atom is -0.436 e. The van der Waals surface area contributed by atoms with Crippen LogP contribution in [0.2, 0.25) is 0 Å². The fourth-order valence-corrected chi connectivity index (χ4v) is 10.1. The zero-order chi connectivity index (χ0) is 44.7. The van der Waals surface area contributed by atoms with Gasteiger partial charge in [-0.15, -0.1) is 0 Å². The first-order valence-corrected chi connectivity index (χ1v) is 22.9. The third-order valence-corrected chi connectivity index (χ3v) is 13.4. The maximum absolute atomic E-state index is 6.44. The first-order valence-electron chi connectivity index (χ1n) is 22.9. The second-order valence-corrected chi connectivity index (χ2v) is 17.4. The van der Waals surface area contributed by atoms with E-state index in [0.717, 1.165) is 77.9 Å². The zero-order valence-electron chi connectivity index (χ0n) is 36.5. The van der Waals surface area contributed by atoms with Gasteiger partial charge in [-0.1, -0.05) is 121 Å². The molecule has 0 unspecified atom stereocenters. The quantitative estimate of drug-likeness (QED) is 0.160. The Morgan fingerprint density at radius 2 is 0.618 bits per heavy atom. The van der Waals surface area contributed by atoms with Crippen molar-refractivity contribution in [3.8, 4) is 67.7 Å². The van der Waals surface area contributed by atoms with Crippen LogP contribution in [0.5, 0.6) is 0 Å². The lowest BCUT2D eigenvalue weighted by molar-refractivity contribution is 0.619. The molecule has 0 spiro atoms. The van der Waals surface area contributed by atoms with Crippen LogP contribution in [0.15, 0.2) is 239 Å². The molecule has 4 aromatic heterocycles. The smallest absolute Gasteiger partial charge is 0.227 e. The van der Waals surface area contributed by atoms with Crippen molar-refractivity contribution >= 4 is 65.8 Å². The van der Waals surface area contributed by atoms with Crippen LogP contribution in [0, 0.1) is 0 Å². The lowest BCUT2D eigenvalue weighted by Crippen LogP contribution is -1.93. The Labute approximate surface area is 390 Å². The molecule has 0 atom stereocenters. The van der Waals surface area contributed by atoms with Crippen LogP contribution < -0.4 is 0 Å². The summed E-state index contributed by atoms with van der Waals surface area (Å²) >= 11 is 0. The number of para-hydroxylation sites is 2. The predicted molar refractivity (Wildman–Crippen MR) is 277 cm³/mol. The van der Waals surface area contributed by atoms with Gasteiger partial charge in [-0.05, 0) is 143 Å². The van der Waals surface area contributed by atoms with E-state index in [4.69, 9.17) is 18.8 Å². The molecule has 0 aliphatic carbocycles. The van der Waals surface area contributed by atoms with Crippen LogP contribution >= 0.6 is 0 Å². The van der Waals surface area contributed by atoms with Crippen molar-refractivity contribution in [2.75, 3.05) is 0 Å². The summed E-state index contributed by atoms with van der Waals surface area (Å²) in [5.41, 5.74) is 18.5. The second kappa shape index (κ2) is 15.2. The first-order chi connectivity index (χ1) is 33.7. The Bertz CT molecular complexity index is 3960.